The Balaban J connectivity index is 2.00. The fourth-order valence-corrected chi connectivity index (χ4v) is 2.72. The first-order valence-corrected chi connectivity index (χ1v) is 9.85. The lowest BCUT2D eigenvalue weighted by atomic mass is 10.3. The largest absolute Gasteiger partial charge is 0.487 e. The number of ether oxygens (including phenoxy) is 5. The molecule has 1 aromatic carbocycles. The minimum atomic E-state index is -0.0606. The highest BCUT2D eigenvalue weighted by Crippen LogP contribution is 2.26. The van der Waals surface area contributed by atoms with E-state index in [1.54, 1.807) is 0 Å². The van der Waals surface area contributed by atoms with Crippen LogP contribution in [0.4, 0.5) is 0 Å². The molecule has 0 amide bonds. The summed E-state index contributed by atoms with van der Waals surface area (Å²) in [5.41, 5.74) is 0. The highest BCUT2D eigenvalue weighted by molar-refractivity contribution is 9.09. The summed E-state index contributed by atoms with van der Waals surface area (Å²) >= 11 is 6.91. The summed E-state index contributed by atoms with van der Waals surface area (Å²) in [5, 5.41) is 1.41. The number of benzene rings is 1. The van der Waals surface area contributed by atoms with E-state index >= 15 is 0 Å². The number of hydrogen-bond donors (Lipinski definition) is 0. The minimum absolute atomic E-state index is 0.00573. The number of fused-ring (bicyclic) bond motifs is 1. The second kappa shape index (κ2) is 11.3. The molecule has 2 atom stereocenters. The van der Waals surface area contributed by atoms with Gasteiger partial charge in [0.1, 0.15) is 19.3 Å². The molecule has 0 bridgehead atoms. The summed E-state index contributed by atoms with van der Waals surface area (Å²) in [4.78, 5) is 0. The van der Waals surface area contributed by atoms with Crippen LogP contribution in [0.5, 0.6) is 11.5 Å². The molecule has 1 heterocycles. The zero-order chi connectivity index (χ0) is 16.3. The van der Waals surface area contributed by atoms with E-state index in [0.717, 1.165) is 5.33 Å². The smallest absolute Gasteiger partial charge is 0.161 e. The molecule has 0 saturated carbocycles. The van der Waals surface area contributed by atoms with Crippen LogP contribution in [-0.4, -0.2) is 62.5 Å². The molecule has 1 aliphatic rings. The number of hydrogen-bond acceptors (Lipinski definition) is 5. The summed E-state index contributed by atoms with van der Waals surface area (Å²) in [6.07, 6.45) is -0.0663. The number of para-hydroxylation sites is 2. The van der Waals surface area contributed by atoms with E-state index in [1.165, 1.54) is 0 Å². The van der Waals surface area contributed by atoms with Gasteiger partial charge in [-0.1, -0.05) is 44.0 Å². The van der Waals surface area contributed by atoms with Crippen molar-refractivity contribution in [2.45, 2.75) is 12.2 Å². The van der Waals surface area contributed by atoms with E-state index in [4.69, 9.17) is 23.7 Å². The molecule has 5 nitrogen and oxygen atoms in total. The van der Waals surface area contributed by atoms with Gasteiger partial charge in [0.25, 0.3) is 0 Å². The molecule has 1 aromatic rings. The molecule has 1 aliphatic heterocycles. The van der Waals surface area contributed by atoms with Gasteiger partial charge in [0.05, 0.1) is 32.5 Å². The Morgan fingerprint density at radius 3 is 2.17 bits per heavy atom. The molecule has 130 valence electrons. The average Bonchev–Trinajstić information content (AvgIpc) is 2.60. The van der Waals surface area contributed by atoms with Crippen LogP contribution in [0.3, 0.4) is 0 Å². The summed E-state index contributed by atoms with van der Waals surface area (Å²) in [7, 11) is 0. The van der Waals surface area contributed by atoms with Crippen LogP contribution in [0.15, 0.2) is 24.3 Å². The molecule has 7 heteroatoms. The Morgan fingerprint density at radius 2 is 1.43 bits per heavy atom. The predicted molar refractivity (Wildman–Crippen MR) is 95.3 cm³/mol. The van der Waals surface area contributed by atoms with Crippen molar-refractivity contribution in [3.8, 4) is 11.5 Å². The number of alkyl halides is 2. The molecule has 0 spiro atoms. The van der Waals surface area contributed by atoms with Crippen LogP contribution < -0.4 is 9.47 Å². The third kappa shape index (κ3) is 6.97. The van der Waals surface area contributed by atoms with Gasteiger partial charge in [-0.25, -0.2) is 0 Å². The van der Waals surface area contributed by atoms with E-state index in [9.17, 15) is 0 Å². The van der Waals surface area contributed by atoms with Crippen LogP contribution in [0.2, 0.25) is 0 Å². The van der Waals surface area contributed by atoms with Crippen LogP contribution in [0.25, 0.3) is 0 Å². The third-order valence-electron chi connectivity index (χ3n) is 3.20. The lowest BCUT2D eigenvalue weighted by molar-refractivity contribution is -0.0512. The number of halogens is 2. The Bertz CT molecular complexity index is 446. The second-order valence-corrected chi connectivity index (χ2v) is 6.27. The van der Waals surface area contributed by atoms with Crippen molar-refractivity contribution in [2.75, 3.05) is 50.3 Å². The zero-order valence-corrected chi connectivity index (χ0v) is 16.1. The topological polar surface area (TPSA) is 46.2 Å². The molecule has 0 N–H and O–H groups in total. The molecule has 2 unspecified atom stereocenters. The van der Waals surface area contributed by atoms with Gasteiger partial charge in [0.15, 0.2) is 11.5 Å². The maximum absolute atomic E-state index is 5.88. The maximum Gasteiger partial charge on any atom is 0.161 e. The zero-order valence-electron chi connectivity index (χ0n) is 12.9. The molecule has 0 fully saturated rings. The van der Waals surface area contributed by atoms with Gasteiger partial charge in [-0.05, 0) is 12.1 Å². The monoisotopic (exact) mass is 452 g/mol. The molecule has 2 rings (SSSR count). The van der Waals surface area contributed by atoms with Gasteiger partial charge in [0.2, 0.25) is 0 Å². The summed E-state index contributed by atoms with van der Waals surface area (Å²) < 4.78 is 28.7. The standard InChI is InChI=1S/C16H22Br2O5/c17-9-13-11-22-14(10-18)12-23-16-4-2-1-3-15(16)21-8-6-19-5-7-20-13/h1-4,13-14H,5-12H2. The Labute approximate surface area is 153 Å². The minimum Gasteiger partial charge on any atom is -0.487 e. The highest BCUT2D eigenvalue weighted by atomic mass is 79.9. The van der Waals surface area contributed by atoms with E-state index in [2.05, 4.69) is 31.9 Å². The van der Waals surface area contributed by atoms with Gasteiger partial charge in [-0.2, -0.15) is 0 Å². The van der Waals surface area contributed by atoms with Crippen molar-refractivity contribution in [1.82, 2.24) is 0 Å². The van der Waals surface area contributed by atoms with E-state index < -0.39 is 0 Å². The van der Waals surface area contributed by atoms with Gasteiger partial charge in [-0.15, -0.1) is 0 Å². The van der Waals surface area contributed by atoms with Gasteiger partial charge in [-0.3, -0.25) is 0 Å². The molecule has 23 heavy (non-hydrogen) atoms. The molecule has 0 aromatic heterocycles. The van der Waals surface area contributed by atoms with Crippen molar-refractivity contribution in [2.24, 2.45) is 0 Å². The first-order chi connectivity index (χ1) is 11.3. The second-order valence-electron chi connectivity index (χ2n) is 4.98. The summed E-state index contributed by atoms with van der Waals surface area (Å²) in [6.45, 7) is 3.00. The predicted octanol–water partition coefficient (Wildman–Crippen LogP) is 3.03. The summed E-state index contributed by atoms with van der Waals surface area (Å²) in [5.74, 6) is 1.43. The SMILES string of the molecule is BrCC1COc2ccccc2OCCOCCOC(CBr)CO1. The summed E-state index contributed by atoms with van der Waals surface area (Å²) in [6, 6.07) is 7.63. The van der Waals surface area contributed by atoms with Gasteiger partial charge in [0, 0.05) is 10.7 Å². The van der Waals surface area contributed by atoms with Crippen molar-refractivity contribution in [3.63, 3.8) is 0 Å². The van der Waals surface area contributed by atoms with Crippen LogP contribution in [0, 0.1) is 0 Å². The first kappa shape index (κ1) is 19.0. The quantitative estimate of drug-likeness (QED) is 0.644. The van der Waals surface area contributed by atoms with E-state index in [0.29, 0.717) is 56.5 Å². The Hall–Kier alpha value is -0.340. The third-order valence-corrected chi connectivity index (χ3v) is 4.65. The lowest BCUT2D eigenvalue weighted by Crippen LogP contribution is -2.30. The molecule has 0 radical (unpaired) electrons. The molecule has 0 aliphatic carbocycles. The molecule has 0 saturated heterocycles. The fourth-order valence-electron chi connectivity index (χ4n) is 1.98. The normalized spacial score (nSPS) is 24.4. The maximum atomic E-state index is 5.88. The molecular weight excluding hydrogens is 432 g/mol. The highest BCUT2D eigenvalue weighted by Gasteiger charge is 2.15. The Morgan fingerprint density at radius 1 is 0.783 bits per heavy atom. The average molecular weight is 454 g/mol. The van der Waals surface area contributed by atoms with Crippen LogP contribution in [0.1, 0.15) is 0 Å². The first-order valence-electron chi connectivity index (χ1n) is 7.61. The number of rotatable bonds is 2. The van der Waals surface area contributed by atoms with E-state index in [1.807, 2.05) is 24.3 Å². The van der Waals surface area contributed by atoms with E-state index in [-0.39, 0.29) is 12.2 Å². The Kier molecular flexibility index (Phi) is 9.29. The van der Waals surface area contributed by atoms with Gasteiger partial charge >= 0.3 is 0 Å². The van der Waals surface area contributed by atoms with Crippen molar-refractivity contribution in [1.29, 1.82) is 0 Å². The van der Waals surface area contributed by atoms with Gasteiger partial charge < -0.3 is 23.7 Å². The van der Waals surface area contributed by atoms with Crippen LogP contribution in [-0.2, 0) is 14.2 Å². The van der Waals surface area contributed by atoms with Crippen molar-refractivity contribution in [3.05, 3.63) is 24.3 Å². The fraction of sp³-hybridized carbons (Fsp3) is 0.625. The van der Waals surface area contributed by atoms with Crippen molar-refractivity contribution >= 4 is 31.9 Å². The van der Waals surface area contributed by atoms with Crippen LogP contribution >= 0.6 is 31.9 Å². The van der Waals surface area contributed by atoms with Crippen molar-refractivity contribution < 1.29 is 23.7 Å². The lowest BCUT2D eigenvalue weighted by Gasteiger charge is -2.21. The molecular formula is C16H22Br2O5.